The first kappa shape index (κ1) is 17.8. The first-order valence-corrected chi connectivity index (χ1v) is 10.9. The van der Waals surface area contributed by atoms with Gasteiger partial charge in [0.1, 0.15) is 0 Å². The van der Waals surface area contributed by atoms with Gasteiger partial charge < -0.3 is 9.64 Å². The van der Waals surface area contributed by atoms with Gasteiger partial charge in [-0.05, 0) is 31.0 Å². The van der Waals surface area contributed by atoms with Gasteiger partial charge in [0, 0.05) is 33.3 Å². The summed E-state index contributed by atoms with van der Waals surface area (Å²) in [6, 6.07) is 5.01. The Balaban J connectivity index is 1.55. The standard InChI is InChI=1S/C17H21N3O4S2/c1-24-9-8-19-6-4-17(16(19)21)5-7-20(11-17)26(22,23)13-2-3-14-15(10-13)25-12-18-14/h2-3,10,12H,4-9,11H2,1H3. The molecule has 2 aromatic rings. The summed E-state index contributed by atoms with van der Waals surface area (Å²) in [6.45, 7) is 2.37. The Hall–Kier alpha value is -1.55. The van der Waals surface area contributed by atoms with Crippen molar-refractivity contribution in [2.75, 3.05) is 39.9 Å². The maximum absolute atomic E-state index is 13.1. The molecule has 1 spiro atoms. The minimum Gasteiger partial charge on any atom is -0.383 e. The third-order valence-electron chi connectivity index (χ3n) is 5.43. The van der Waals surface area contributed by atoms with Gasteiger partial charge in [0.2, 0.25) is 15.9 Å². The number of hydrogen-bond donors (Lipinski definition) is 0. The molecular weight excluding hydrogens is 374 g/mol. The maximum atomic E-state index is 13.1. The molecule has 1 atom stereocenters. The smallest absolute Gasteiger partial charge is 0.243 e. The zero-order valence-electron chi connectivity index (χ0n) is 14.6. The zero-order chi connectivity index (χ0) is 18.4. The van der Waals surface area contributed by atoms with E-state index in [4.69, 9.17) is 4.74 Å². The molecule has 2 aliphatic heterocycles. The number of benzene rings is 1. The molecule has 2 saturated heterocycles. The molecule has 140 valence electrons. The van der Waals surface area contributed by atoms with E-state index >= 15 is 0 Å². The number of nitrogens with zero attached hydrogens (tertiary/aromatic N) is 3. The Morgan fingerprint density at radius 2 is 2.12 bits per heavy atom. The fourth-order valence-electron chi connectivity index (χ4n) is 3.87. The van der Waals surface area contributed by atoms with E-state index in [1.165, 1.54) is 15.6 Å². The minimum atomic E-state index is -3.61. The van der Waals surface area contributed by atoms with Crippen molar-refractivity contribution in [3.63, 3.8) is 0 Å². The zero-order valence-corrected chi connectivity index (χ0v) is 16.2. The van der Waals surface area contributed by atoms with Crippen molar-refractivity contribution in [2.45, 2.75) is 17.7 Å². The molecule has 1 unspecified atom stereocenters. The monoisotopic (exact) mass is 395 g/mol. The van der Waals surface area contributed by atoms with E-state index in [9.17, 15) is 13.2 Å². The van der Waals surface area contributed by atoms with Gasteiger partial charge in [-0.3, -0.25) is 4.79 Å². The van der Waals surface area contributed by atoms with E-state index in [1.807, 2.05) is 0 Å². The highest BCUT2D eigenvalue weighted by molar-refractivity contribution is 7.89. The first-order valence-electron chi connectivity index (χ1n) is 8.58. The molecule has 0 N–H and O–H groups in total. The highest BCUT2D eigenvalue weighted by Crippen LogP contribution is 2.42. The van der Waals surface area contributed by atoms with E-state index in [1.54, 1.807) is 35.7 Å². The third kappa shape index (κ3) is 2.83. The van der Waals surface area contributed by atoms with Crippen molar-refractivity contribution in [1.82, 2.24) is 14.2 Å². The number of aromatic nitrogens is 1. The number of carbonyl (C=O) groups is 1. The lowest BCUT2D eigenvalue weighted by Gasteiger charge is -2.23. The number of thiazole rings is 1. The lowest BCUT2D eigenvalue weighted by atomic mass is 9.86. The molecule has 1 aromatic heterocycles. The normalized spacial score (nSPS) is 24.3. The van der Waals surface area contributed by atoms with Crippen LogP contribution in [-0.2, 0) is 19.6 Å². The Morgan fingerprint density at radius 1 is 1.31 bits per heavy atom. The number of fused-ring (bicyclic) bond motifs is 1. The maximum Gasteiger partial charge on any atom is 0.243 e. The van der Waals surface area contributed by atoms with Crippen LogP contribution in [0.2, 0.25) is 0 Å². The quantitative estimate of drug-likeness (QED) is 0.768. The molecule has 9 heteroatoms. The van der Waals surface area contributed by atoms with Gasteiger partial charge >= 0.3 is 0 Å². The lowest BCUT2D eigenvalue weighted by molar-refractivity contribution is -0.135. The van der Waals surface area contributed by atoms with Gasteiger partial charge in [-0.25, -0.2) is 13.4 Å². The summed E-state index contributed by atoms with van der Waals surface area (Å²) in [6.07, 6.45) is 1.28. The van der Waals surface area contributed by atoms with Crippen LogP contribution in [0.25, 0.3) is 10.2 Å². The minimum absolute atomic E-state index is 0.0603. The number of hydrogen-bond acceptors (Lipinski definition) is 6. The van der Waals surface area contributed by atoms with E-state index < -0.39 is 15.4 Å². The molecule has 1 amide bonds. The number of carbonyl (C=O) groups excluding carboxylic acids is 1. The number of sulfonamides is 1. The van der Waals surface area contributed by atoms with E-state index in [-0.39, 0.29) is 17.3 Å². The molecule has 4 rings (SSSR count). The molecule has 0 bridgehead atoms. The fourth-order valence-corrected chi connectivity index (χ4v) is 6.22. The van der Waals surface area contributed by atoms with Crippen LogP contribution in [0.1, 0.15) is 12.8 Å². The Bertz CT molecular complexity index is 942. The summed E-state index contributed by atoms with van der Waals surface area (Å²) in [5.41, 5.74) is 1.93. The number of likely N-dealkylation sites (tertiary alicyclic amines) is 1. The van der Waals surface area contributed by atoms with Gasteiger partial charge in [-0.1, -0.05) is 0 Å². The highest BCUT2D eigenvalue weighted by Gasteiger charge is 2.52. The predicted molar refractivity (Wildman–Crippen MR) is 98.5 cm³/mol. The van der Waals surface area contributed by atoms with Crippen molar-refractivity contribution >= 4 is 37.5 Å². The fraction of sp³-hybridized carbons (Fsp3) is 0.529. The summed E-state index contributed by atoms with van der Waals surface area (Å²) in [7, 11) is -2.00. The number of methoxy groups -OCH3 is 1. The lowest BCUT2D eigenvalue weighted by Crippen LogP contribution is -2.39. The van der Waals surface area contributed by atoms with Crippen LogP contribution in [-0.4, -0.2) is 68.4 Å². The van der Waals surface area contributed by atoms with E-state index in [0.29, 0.717) is 39.1 Å². The number of rotatable bonds is 5. The SMILES string of the molecule is COCCN1CCC2(CCN(S(=O)(=O)c3ccc4ncsc4c3)C2)C1=O. The van der Waals surface area contributed by atoms with Crippen molar-refractivity contribution in [1.29, 1.82) is 0 Å². The van der Waals surface area contributed by atoms with Crippen LogP contribution in [0, 0.1) is 5.41 Å². The Labute approximate surface area is 156 Å². The van der Waals surface area contributed by atoms with Crippen molar-refractivity contribution in [2.24, 2.45) is 5.41 Å². The highest BCUT2D eigenvalue weighted by atomic mass is 32.2. The average molecular weight is 396 g/mol. The second-order valence-electron chi connectivity index (χ2n) is 6.89. The van der Waals surface area contributed by atoms with Crippen LogP contribution >= 0.6 is 11.3 Å². The molecular formula is C17H21N3O4S2. The summed E-state index contributed by atoms with van der Waals surface area (Å²) in [5.74, 6) is 0.0603. The molecule has 1 aromatic carbocycles. The van der Waals surface area contributed by atoms with Crippen molar-refractivity contribution in [3.05, 3.63) is 23.7 Å². The summed E-state index contributed by atoms with van der Waals surface area (Å²) < 4.78 is 33.5. The first-order chi connectivity index (χ1) is 12.5. The molecule has 2 fully saturated rings. The van der Waals surface area contributed by atoms with Crippen LogP contribution in [0.15, 0.2) is 28.6 Å². The molecule has 0 radical (unpaired) electrons. The predicted octanol–water partition coefficient (Wildman–Crippen LogP) is 1.56. The van der Waals surface area contributed by atoms with Gasteiger partial charge in [-0.15, -0.1) is 11.3 Å². The Kier molecular flexibility index (Phi) is 4.50. The van der Waals surface area contributed by atoms with E-state index in [2.05, 4.69) is 4.98 Å². The number of ether oxygens (including phenoxy) is 1. The van der Waals surface area contributed by atoms with Crippen LogP contribution < -0.4 is 0 Å². The largest absolute Gasteiger partial charge is 0.383 e. The second-order valence-corrected chi connectivity index (χ2v) is 9.71. The van der Waals surface area contributed by atoms with Crippen molar-refractivity contribution in [3.8, 4) is 0 Å². The summed E-state index contributed by atoms with van der Waals surface area (Å²) >= 11 is 1.42. The Morgan fingerprint density at radius 3 is 2.92 bits per heavy atom. The summed E-state index contributed by atoms with van der Waals surface area (Å²) in [5, 5.41) is 0. The van der Waals surface area contributed by atoms with Gasteiger partial charge in [0.05, 0.1) is 32.6 Å². The molecule has 0 saturated carbocycles. The van der Waals surface area contributed by atoms with Crippen LogP contribution in [0.5, 0.6) is 0 Å². The summed E-state index contributed by atoms with van der Waals surface area (Å²) in [4.78, 5) is 19.1. The number of amides is 1. The van der Waals surface area contributed by atoms with Gasteiger partial charge in [0.15, 0.2) is 0 Å². The molecule has 7 nitrogen and oxygen atoms in total. The van der Waals surface area contributed by atoms with Gasteiger partial charge in [0.25, 0.3) is 0 Å². The van der Waals surface area contributed by atoms with Crippen molar-refractivity contribution < 1.29 is 17.9 Å². The van der Waals surface area contributed by atoms with Crippen LogP contribution in [0.4, 0.5) is 0 Å². The van der Waals surface area contributed by atoms with E-state index in [0.717, 1.165) is 10.2 Å². The average Bonchev–Trinajstić information content (AvgIpc) is 3.34. The second kappa shape index (κ2) is 6.56. The molecule has 3 heterocycles. The topological polar surface area (TPSA) is 79.8 Å². The van der Waals surface area contributed by atoms with Gasteiger partial charge in [-0.2, -0.15) is 4.31 Å². The molecule has 26 heavy (non-hydrogen) atoms. The molecule has 2 aliphatic rings. The third-order valence-corrected chi connectivity index (χ3v) is 8.06. The van der Waals surface area contributed by atoms with Crippen LogP contribution in [0.3, 0.4) is 0 Å². The molecule has 0 aliphatic carbocycles.